The third-order valence-electron chi connectivity index (χ3n) is 1.92. The Kier molecular flexibility index (Phi) is 4.16. The minimum atomic E-state index is 0.457. The van der Waals surface area contributed by atoms with Crippen molar-refractivity contribution in [3.05, 3.63) is 12.4 Å². The molecule has 78 valence electrons. The Hall–Kier alpha value is -1.32. The third kappa shape index (κ3) is 4.07. The van der Waals surface area contributed by atoms with Gasteiger partial charge in [0, 0.05) is 6.54 Å². The number of hydrogen-bond donors (Lipinski definition) is 2. The lowest BCUT2D eigenvalue weighted by Gasteiger charge is -2.06. The van der Waals surface area contributed by atoms with Crippen molar-refractivity contribution in [3.63, 3.8) is 0 Å². The number of aromatic nitrogens is 2. The molecular weight excluding hydrogens is 176 g/mol. The maximum absolute atomic E-state index is 5.50. The maximum Gasteiger partial charge on any atom is 0.146 e. The second kappa shape index (κ2) is 5.42. The summed E-state index contributed by atoms with van der Waals surface area (Å²) < 4.78 is 0. The summed E-state index contributed by atoms with van der Waals surface area (Å²) in [6.45, 7) is 5.37. The van der Waals surface area contributed by atoms with Crippen LogP contribution < -0.4 is 11.1 Å². The third-order valence-corrected chi connectivity index (χ3v) is 1.92. The summed E-state index contributed by atoms with van der Waals surface area (Å²) in [5, 5.41) is 3.19. The minimum absolute atomic E-state index is 0.457. The Morgan fingerprint density at radius 1 is 1.43 bits per heavy atom. The van der Waals surface area contributed by atoms with Crippen molar-refractivity contribution < 1.29 is 0 Å². The zero-order valence-electron chi connectivity index (χ0n) is 8.83. The quantitative estimate of drug-likeness (QED) is 0.703. The van der Waals surface area contributed by atoms with Crippen LogP contribution in [-0.2, 0) is 0 Å². The predicted molar refractivity (Wildman–Crippen MR) is 59.0 cm³/mol. The summed E-state index contributed by atoms with van der Waals surface area (Å²) in [6, 6.07) is 0. The zero-order chi connectivity index (χ0) is 10.4. The fourth-order valence-electron chi connectivity index (χ4n) is 1.19. The molecule has 1 aromatic rings. The maximum atomic E-state index is 5.50. The average molecular weight is 194 g/mol. The van der Waals surface area contributed by atoms with Gasteiger partial charge in [-0.15, -0.1) is 0 Å². The Balaban J connectivity index is 2.25. The van der Waals surface area contributed by atoms with E-state index in [-0.39, 0.29) is 0 Å². The Labute approximate surface area is 85.0 Å². The highest BCUT2D eigenvalue weighted by Gasteiger charge is 1.96. The van der Waals surface area contributed by atoms with Crippen LogP contribution >= 0.6 is 0 Å². The molecule has 0 amide bonds. The van der Waals surface area contributed by atoms with Crippen LogP contribution in [0.15, 0.2) is 12.4 Å². The van der Waals surface area contributed by atoms with E-state index >= 15 is 0 Å². The topological polar surface area (TPSA) is 63.8 Å². The van der Waals surface area contributed by atoms with Crippen LogP contribution in [0.1, 0.15) is 26.7 Å². The van der Waals surface area contributed by atoms with Crippen molar-refractivity contribution in [2.75, 3.05) is 17.6 Å². The summed E-state index contributed by atoms with van der Waals surface area (Å²) in [4.78, 5) is 8.04. The standard InChI is InChI=1S/C10H18N4/c1-8(2)4-3-5-13-10-7-12-6-9(11)14-10/h6-8H,3-5H2,1-2H3,(H3,11,13,14). The fourth-order valence-corrected chi connectivity index (χ4v) is 1.19. The molecule has 0 radical (unpaired) electrons. The van der Waals surface area contributed by atoms with Crippen LogP contribution in [-0.4, -0.2) is 16.5 Å². The van der Waals surface area contributed by atoms with Gasteiger partial charge in [-0.25, -0.2) is 4.98 Å². The molecule has 1 aromatic heterocycles. The number of hydrogen-bond acceptors (Lipinski definition) is 4. The van der Waals surface area contributed by atoms with E-state index in [0.717, 1.165) is 24.7 Å². The number of nitrogens with zero attached hydrogens (tertiary/aromatic N) is 2. The average Bonchev–Trinajstić information content (AvgIpc) is 2.12. The van der Waals surface area contributed by atoms with Crippen LogP contribution in [0.4, 0.5) is 11.6 Å². The molecule has 0 spiro atoms. The van der Waals surface area contributed by atoms with E-state index < -0.39 is 0 Å². The number of nitrogens with one attached hydrogen (secondary N) is 1. The smallest absolute Gasteiger partial charge is 0.146 e. The number of nitrogen functional groups attached to an aromatic ring is 1. The molecule has 0 aliphatic rings. The molecule has 1 heterocycles. The van der Waals surface area contributed by atoms with E-state index in [2.05, 4.69) is 29.1 Å². The molecule has 0 fully saturated rings. The molecule has 4 nitrogen and oxygen atoms in total. The summed E-state index contributed by atoms with van der Waals surface area (Å²) in [5.74, 6) is 1.97. The number of anilines is 2. The van der Waals surface area contributed by atoms with Crippen molar-refractivity contribution in [1.82, 2.24) is 9.97 Å². The van der Waals surface area contributed by atoms with E-state index in [1.807, 2.05) is 0 Å². The highest BCUT2D eigenvalue weighted by atomic mass is 15.0. The molecule has 0 aromatic carbocycles. The predicted octanol–water partition coefficient (Wildman–Crippen LogP) is 1.91. The van der Waals surface area contributed by atoms with Crippen LogP contribution in [0, 0.1) is 5.92 Å². The van der Waals surface area contributed by atoms with E-state index in [4.69, 9.17) is 5.73 Å². The SMILES string of the molecule is CC(C)CCCNc1cncc(N)n1. The highest BCUT2D eigenvalue weighted by molar-refractivity contribution is 5.37. The molecule has 1 rings (SSSR count). The van der Waals surface area contributed by atoms with Gasteiger partial charge in [-0.3, -0.25) is 4.98 Å². The molecule has 3 N–H and O–H groups in total. The number of rotatable bonds is 5. The molecule has 0 bridgehead atoms. The Morgan fingerprint density at radius 3 is 2.86 bits per heavy atom. The lowest BCUT2D eigenvalue weighted by Crippen LogP contribution is -2.06. The van der Waals surface area contributed by atoms with Gasteiger partial charge in [0.25, 0.3) is 0 Å². The molecule has 14 heavy (non-hydrogen) atoms. The highest BCUT2D eigenvalue weighted by Crippen LogP contribution is 2.06. The lowest BCUT2D eigenvalue weighted by molar-refractivity contribution is 0.566. The van der Waals surface area contributed by atoms with Crippen molar-refractivity contribution in [2.45, 2.75) is 26.7 Å². The number of nitrogens with two attached hydrogens (primary N) is 1. The second-order valence-electron chi connectivity index (χ2n) is 3.79. The van der Waals surface area contributed by atoms with Crippen LogP contribution in [0.5, 0.6) is 0 Å². The van der Waals surface area contributed by atoms with Gasteiger partial charge in [0.05, 0.1) is 12.4 Å². The first-order valence-corrected chi connectivity index (χ1v) is 5.00. The summed E-state index contributed by atoms with van der Waals surface area (Å²) in [6.07, 6.45) is 5.60. The van der Waals surface area contributed by atoms with Gasteiger partial charge in [0.2, 0.25) is 0 Å². The normalized spacial score (nSPS) is 10.5. The first-order chi connectivity index (χ1) is 6.68. The molecule has 0 aliphatic heterocycles. The first kappa shape index (κ1) is 10.8. The van der Waals surface area contributed by atoms with Gasteiger partial charge < -0.3 is 11.1 Å². The second-order valence-corrected chi connectivity index (χ2v) is 3.79. The van der Waals surface area contributed by atoms with E-state index in [0.29, 0.717) is 5.82 Å². The summed E-state index contributed by atoms with van der Waals surface area (Å²) in [7, 11) is 0. The zero-order valence-corrected chi connectivity index (χ0v) is 8.83. The van der Waals surface area contributed by atoms with Gasteiger partial charge >= 0.3 is 0 Å². The van der Waals surface area contributed by atoms with E-state index in [9.17, 15) is 0 Å². The van der Waals surface area contributed by atoms with Crippen LogP contribution in [0.3, 0.4) is 0 Å². The summed E-state index contributed by atoms with van der Waals surface area (Å²) >= 11 is 0. The van der Waals surface area contributed by atoms with Crippen molar-refractivity contribution in [1.29, 1.82) is 0 Å². The summed E-state index contributed by atoms with van der Waals surface area (Å²) in [5.41, 5.74) is 5.50. The van der Waals surface area contributed by atoms with Gasteiger partial charge in [0.15, 0.2) is 0 Å². The Morgan fingerprint density at radius 2 is 2.21 bits per heavy atom. The monoisotopic (exact) mass is 194 g/mol. The molecule has 0 saturated heterocycles. The van der Waals surface area contributed by atoms with Crippen molar-refractivity contribution in [3.8, 4) is 0 Å². The molecule has 0 atom stereocenters. The lowest BCUT2D eigenvalue weighted by atomic mass is 10.1. The molecule has 0 aliphatic carbocycles. The molecule has 0 unspecified atom stereocenters. The van der Waals surface area contributed by atoms with Gasteiger partial charge in [-0.2, -0.15) is 0 Å². The van der Waals surface area contributed by atoms with E-state index in [1.165, 1.54) is 6.42 Å². The molecule has 0 saturated carbocycles. The minimum Gasteiger partial charge on any atom is -0.382 e. The molecular formula is C10H18N4. The van der Waals surface area contributed by atoms with Crippen LogP contribution in [0.25, 0.3) is 0 Å². The van der Waals surface area contributed by atoms with E-state index in [1.54, 1.807) is 12.4 Å². The van der Waals surface area contributed by atoms with Crippen molar-refractivity contribution >= 4 is 11.6 Å². The largest absolute Gasteiger partial charge is 0.382 e. The van der Waals surface area contributed by atoms with Gasteiger partial charge in [-0.1, -0.05) is 13.8 Å². The van der Waals surface area contributed by atoms with Crippen molar-refractivity contribution in [2.24, 2.45) is 5.92 Å². The van der Waals surface area contributed by atoms with Gasteiger partial charge in [0.1, 0.15) is 11.6 Å². The van der Waals surface area contributed by atoms with Gasteiger partial charge in [-0.05, 0) is 18.8 Å². The van der Waals surface area contributed by atoms with Crippen LogP contribution in [0.2, 0.25) is 0 Å². The first-order valence-electron chi connectivity index (χ1n) is 5.00. The fraction of sp³-hybridized carbons (Fsp3) is 0.600. The Bertz CT molecular complexity index is 273. The molecule has 4 heteroatoms.